The molecule has 21 heavy (non-hydrogen) atoms. The molecule has 7 heteroatoms. The topological polar surface area (TPSA) is 84.9 Å². The van der Waals surface area contributed by atoms with E-state index < -0.39 is 17.8 Å². The van der Waals surface area contributed by atoms with Crippen LogP contribution >= 0.6 is 0 Å². The van der Waals surface area contributed by atoms with Crippen molar-refractivity contribution in [3.63, 3.8) is 0 Å². The lowest BCUT2D eigenvalue weighted by Crippen LogP contribution is -2.45. The van der Waals surface area contributed by atoms with E-state index in [9.17, 15) is 14.4 Å². The number of morpholine rings is 1. The number of ether oxygens (including phenoxy) is 2. The van der Waals surface area contributed by atoms with E-state index in [1.165, 1.54) is 36.3 Å². The van der Waals surface area contributed by atoms with E-state index in [4.69, 9.17) is 4.74 Å². The van der Waals surface area contributed by atoms with E-state index in [1.54, 1.807) is 0 Å². The van der Waals surface area contributed by atoms with Gasteiger partial charge in [-0.3, -0.25) is 9.59 Å². The van der Waals surface area contributed by atoms with Gasteiger partial charge in [-0.15, -0.1) is 0 Å². The second-order valence-corrected chi connectivity index (χ2v) is 4.43. The molecule has 0 saturated carbocycles. The molecule has 0 spiro atoms. The molecule has 1 aliphatic heterocycles. The largest absolute Gasteiger partial charge is 0.465 e. The standard InChI is InChI=1S/C14H16N2O5/c1-20-14(19)10-2-4-11(5-3-10)15-12(17)13(18)16-6-8-21-9-7-16/h2-5H,6-9H2,1H3,(H,15,17). The molecule has 1 aromatic rings. The summed E-state index contributed by atoms with van der Waals surface area (Å²) in [5.74, 6) is -1.75. The van der Waals surface area contributed by atoms with Crippen molar-refractivity contribution in [3.8, 4) is 0 Å². The van der Waals surface area contributed by atoms with E-state index in [0.717, 1.165) is 0 Å². The number of methoxy groups -OCH3 is 1. The third-order valence-electron chi connectivity index (χ3n) is 3.06. The molecule has 1 aromatic carbocycles. The summed E-state index contributed by atoms with van der Waals surface area (Å²) in [6.45, 7) is 1.70. The van der Waals surface area contributed by atoms with Crippen molar-refractivity contribution in [2.75, 3.05) is 38.7 Å². The minimum Gasteiger partial charge on any atom is -0.465 e. The Morgan fingerprint density at radius 3 is 2.33 bits per heavy atom. The Morgan fingerprint density at radius 2 is 1.76 bits per heavy atom. The van der Waals surface area contributed by atoms with Crippen molar-refractivity contribution in [2.24, 2.45) is 0 Å². The van der Waals surface area contributed by atoms with Gasteiger partial charge in [0.2, 0.25) is 0 Å². The predicted molar refractivity (Wildman–Crippen MR) is 73.8 cm³/mol. The summed E-state index contributed by atoms with van der Waals surface area (Å²) >= 11 is 0. The fraction of sp³-hybridized carbons (Fsp3) is 0.357. The van der Waals surface area contributed by atoms with E-state index in [-0.39, 0.29) is 0 Å². The predicted octanol–water partition coefficient (Wildman–Crippen LogP) is 0.270. The van der Waals surface area contributed by atoms with Crippen LogP contribution in [0, 0.1) is 0 Å². The van der Waals surface area contributed by atoms with Gasteiger partial charge >= 0.3 is 17.8 Å². The molecule has 0 atom stereocenters. The number of nitrogens with zero attached hydrogens (tertiary/aromatic N) is 1. The molecule has 0 aliphatic carbocycles. The van der Waals surface area contributed by atoms with Crippen LogP contribution in [0.15, 0.2) is 24.3 Å². The van der Waals surface area contributed by atoms with Gasteiger partial charge in [0.25, 0.3) is 0 Å². The summed E-state index contributed by atoms with van der Waals surface area (Å²) in [6.07, 6.45) is 0. The van der Waals surface area contributed by atoms with Crippen molar-refractivity contribution in [3.05, 3.63) is 29.8 Å². The molecule has 112 valence electrons. The van der Waals surface area contributed by atoms with Crippen LogP contribution in [0.4, 0.5) is 5.69 Å². The zero-order valence-corrected chi connectivity index (χ0v) is 11.6. The Bertz CT molecular complexity index is 535. The fourth-order valence-electron chi connectivity index (χ4n) is 1.90. The molecule has 0 bridgehead atoms. The Kier molecular flexibility index (Phi) is 4.89. The van der Waals surface area contributed by atoms with Crippen LogP contribution in [0.25, 0.3) is 0 Å². The van der Waals surface area contributed by atoms with Crippen molar-refractivity contribution in [1.29, 1.82) is 0 Å². The van der Waals surface area contributed by atoms with Crippen molar-refractivity contribution in [1.82, 2.24) is 4.90 Å². The lowest BCUT2D eigenvalue weighted by atomic mass is 10.2. The summed E-state index contributed by atoms with van der Waals surface area (Å²) in [4.78, 5) is 36.5. The molecule has 0 aromatic heterocycles. The molecule has 7 nitrogen and oxygen atoms in total. The molecule has 1 aliphatic rings. The number of carbonyl (C=O) groups excluding carboxylic acids is 3. The van der Waals surface area contributed by atoms with Crippen LogP contribution in [0.5, 0.6) is 0 Å². The first-order valence-corrected chi connectivity index (χ1v) is 6.48. The highest BCUT2D eigenvalue weighted by molar-refractivity contribution is 6.39. The zero-order valence-electron chi connectivity index (χ0n) is 11.6. The minimum absolute atomic E-state index is 0.370. The molecule has 0 radical (unpaired) electrons. The number of hydrogen-bond acceptors (Lipinski definition) is 5. The van der Waals surface area contributed by atoms with Gasteiger partial charge in [0.15, 0.2) is 0 Å². The van der Waals surface area contributed by atoms with Crippen LogP contribution < -0.4 is 5.32 Å². The maximum absolute atomic E-state index is 11.9. The lowest BCUT2D eigenvalue weighted by molar-refractivity contribution is -0.145. The number of rotatable bonds is 2. The van der Waals surface area contributed by atoms with E-state index in [1.807, 2.05) is 0 Å². The van der Waals surface area contributed by atoms with Crippen molar-refractivity contribution in [2.45, 2.75) is 0 Å². The Labute approximate surface area is 121 Å². The Hall–Kier alpha value is -2.41. The molecule has 1 fully saturated rings. The first-order chi connectivity index (χ1) is 10.1. The van der Waals surface area contributed by atoms with Gasteiger partial charge in [0, 0.05) is 18.8 Å². The van der Waals surface area contributed by atoms with Crippen molar-refractivity contribution >= 4 is 23.5 Å². The monoisotopic (exact) mass is 292 g/mol. The summed E-state index contributed by atoms with van der Waals surface area (Å²) in [7, 11) is 1.29. The number of hydrogen-bond donors (Lipinski definition) is 1. The highest BCUT2D eigenvalue weighted by Crippen LogP contribution is 2.11. The lowest BCUT2D eigenvalue weighted by Gasteiger charge is -2.26. The van der Waals surface area contributed by atoms with E-state index >= 15 is 0 Å². The number of nitrogens with one attached hydrogen (secondary N) is 1. The average Bonchev–Trinajstić information content (AvgIpc) is 2.55. The summed E-state index contributed by atoms with van der Waals surface area (Å²) < 4.78 is 9.70. The molecule has 2 amide bonds. The number of esters is 1. The second-order valence-electron chi connectivity index (χ2n) is 4.43. The quantitative estimate of drug-likeness (QED) is 0.625. The van der Waals surface area contributed by atoms with Crippen LogP contribution in [0.3, 0.4) is 0 Å². The second kappa shape index (κ2) is 6.85. The first-order valence-electron chi connectivity index (χ1n) is 6.48. The number of anilines is 1. The summed E-state index contributed by atoms with van der Waals surface area (Å²) in [6, 6.07) is 6.11. The third-order valence-corrected chi connectivity index (χ3v) is 3.06. The molecule has 1 saturated heterocycles. The SMILES string of the molecule is COC(=O)c1ccc(NC(=O)C(=O)N2CCOCC2)cc1. The van der Waals surface area contributed by atoms with Crippen LogP contribution in [0.2, 0.25) is 0 Å². The Morgan fingerprint density at radius 1 is 1.14 bits per heavy atom. The molecule has 2 rings (SSSR count). The number of carbonyl (C=O) groups is 3. The van der Waals surface area contributed by atoms with Crippen LogP contribution in [-0.2, 0) is 19.1 Å². The molecule has 1 N–H and O–H groups in total. The molecule has 1 heterocycles. The molecular weight excluding hydrogens is 276 g/mol. The van der Waals surface area contributed by atoms with Gasteiger partial charge < -0.3 is 19.7 Å². The highest BCUT2D eigenvalue weighted by Gasteiger charge is 2.23. The van der Waals surface area contributed by atoms with E-state index in [2.05, 4.69) is 10.1 Å². The van der Waals surface area contributed by atoms with E-state index in [0.29, 0.717) is 37.6 Å². The Balaban J connectivity index is 1.95. The van der Waals surface area contributed by atoms with Gasteiger partial charge in [-0.2, -0.15) is 0 Å². The smallest absolute Gasteiger partial charge is 0.337 e. The molecular formula is C14H16N2O5. The summed E-state index contributed by atoms with van der Waals surface area (Å²) in [5, 5.41) is 2.50. The van der Waals surface area contributed by atoms with Gasteiger partial charge in [-0.25, -0.2) is 4.79 Å². The minimum atomic E-state index is -0.706. The zero-order chi connectivity index (χ0) is 15.2. The normalized spacial score (nSPS) is 14.4. The van der Waals surface area contributed by atoms with Crippen molar-refractivity contribution < 1.29 is 23.9 Å². The molecule has 0 unspecified atom stereocenters. The fourth-order valence-corrected chi connectivity index (χ4v) is 1.90. The maximum atomic E-state index is 11.9. The van der Waals surface area contributed by atoms with Crippen LogP contribution in [-0.4, -0.2) is 56.1 Å². The third kappa shape index (κ3) is 3.79. The summed E-state index contributed by atoms with van der Waals surface area (Å²) in [5.41, 5.74) is 0.810. The van der Waals surface area contributed by atoms with Gasteiger partial charge in [0.05, 0.1) is 25.9 Å². The van der Waals surface area contributed by atoms with Gasteiger partial charge in [-0.05, 0) is 24.3 Å². The average molecular weight is 292 g/mol. The number of amides is 2. The van der Waals surface area contributed by atoms with Gasteiger partial charge in [0.1, 0.15) is 0 Å². The first kappa shape index (κ1) is 15.0. The maximum Gasteiger partial charge on any atom is 0.337 e. The van der Waals surface area contributed by atoms with Gasteiger partial charge in [-0.1, -0.05) is 0 Å². The number of benzene rings is 1. The van der Waals surface area contributed by atoms with Crippen LogP contribution in [0.1, 0.15) is 10.4 Å². The highest BCUT2D eigenvalue weighted by atomic mass is 16.5.